The van der Waals surface area contributed by atoms with Crippen molar-refractivity contribution in [1.29, 1.82) is 0 Å². The Balaban J connectivity index is 2.09. The van der Waals surface area contributed by atoms with Crippen molar-refractivity contribution in [3.8, 4) is 0 Å². The van der Waals surface area contributed by atoms with E-state index in [9.17, 15) is 14.9 Å². The van der Waals surface area contributed by atoms with Gasteiger partial charge in [0.2, 0.25) is 5.82 Å². The molecule has 1 aromatic rings. The molecule has 2 rings (SSSR count). The molecule has 2 N–H and O–H groups in total. The normalized spacial score (nSPS) is 16.5. The van der Waals surface area contributed by atoms with Gasteiger partial charge in [-0.15, -0.1) is 5.10 Å². The minimum Gasteiger partial charge on any atom is -0.481 e. The summed E-state index contributed by atoms with van der Waals surface area (Å²) in [6.07, 6.45) is 2.47. The summed E-state index contributed by atoms with van der Waals surface area (Å²) < 4.78 is 1.32. The van der Waals surface area contributed by atoms with Gasteiger partial charge < -0.3 is 10.4 Å². The predicted molar refractivity (Wildman–Crippen MR) is 57.7 cm³/mol. The molecule has 0 saturated heterocycles. The zero-order chi connectivity index (χ0) is 12.6. The smallest absolute Gasteiger partial charge is 0.330 e. The Morgan fingerprint density at radius 2 is 2.41 bits per heavy atom. The summed E-state index contributed by atoms with van der Waals surface area (Å²) in [6.45, 7) is 0.167. The second-order valence-corrected chi connectivity index (χ2v) is 4.23. The van der Waals surface area contributed by atoms with Crippen LogP contribution < -0.4 is 5.32 Å². The number of aryl methyl sites for hydroxylation is 1. The highest BCUT2D eigenvalue weighted by Crippen LogP contribution is 2.46. The Hall–Kier alpha value is -2.12. The van der Waals surface area contributed by atoms with Crippen molar-refractivity contribution in [1.82, 2.24) is 9.78 Å². The highest BCUT2D eigenvalue weighted by atomic mass is 16.6. The number of aromatic nitrogens is 2. The number of aliphatic carboxylic acids is 1. The van der Waals surface area contributed by atoms with Crippen molar-refractivity contribution >= 4 is 17.5 Å². The zero-order valence-electron chi connectivity index (χ0n) is 9.21. The van der Waals surface area contributed by atoms with Crippen LogP contribution in [0.15, 0.2) is 6.20 Å². The van der Waals surface area contributed by atoms with Crippen LogP contribution in [0.25, 0.3) is 0 Å². The average molecular weight is 240 g/mol. The summed E-state index contributed by atoms with van der Waals surface area (Å²) in [5, 5.41) is 26.3. The van der Waals surface area contributed by atoms with Gasteiger partial charge >= 0.3 is 11.7 Å². The molecule has 92 valence electrons. The van der Waals surface area contributed by atoms with Crippen molar-refractivity contribution in [2.75, 3.05) is 11.9 Å². The highest BCUT2D eigenvalue weighted by Gasteiger charge is 2.50. The van der Waals surface area contributed by atoms with Crippen LogP contribution in [-0.2, 0) is 11.8 Å². The quantitative estimate of drug-likeness (QED) is 0.576. The fourth-order valence-corrected chi connectivity index (χ4v) is 1.61. The molecule has 0 atom stereocenters. The molecular weight excluding hydrogens is 228 g/mol. The molecule has 17 heavy (non-hydrogen) atoms. The molecule has 8 heteroatoms. The molecule has 0 radical (unpaired) electrons. The van der Waals surface area contributed by atoms with E-state index in [0.717, 1.165) is 0 Å². The Labute approximate surface area is 96.4 Å². The first-order valence-corrected chi connectivity index (χ1v) is 5.10. The highest BCUT2D eigenvalue weighted by molar-refractivity contribution is 5.78. The molecule has 8 nitrogen and oxygen atoms in total. The van der Waals surface area contributed by atoms with Gasteiger partial charge in [-0.2, -0.15) is 0 Å². The molecule has 1 heterocycles. The Morgan fingerprint density at radius 1 is 1.76 bits per heavy atom. The van der Waals surface area contributed by atoms with Gasteiger partial charge in [0.1, 0.15) is 6.20 Å². The predicted octanol–water partition coefficient (Wildman–Crippen LogP) is 0.605. The van der Waals surface area contributed by atoms with Gasteiger partial charge in [0.25, 0.3) is 0 Å². The number of rotatable bonds is 5. The van der Waals surface area contributed by atoms with Gasteiger partial charge in [0.05, 0.1) is 10.3 Å². The third-order valence-electron chi connectivity index (χ3n) is 2.91. The van der Waals surface area contributed by atoms with Crippen LogP contribution in [-0.4, -0.2) is 32.3 Å². The maximum absolute atomic E-state index is 10.9. The van der Waals surface area contributed by atoms with E-state index in [2.05, 4.69) is 10.4 Å². The molecule has 1 aliphatic rings. The minimum atomic E-state index is -0.872. The molecule has 0 spiro atoms. The fraction of sp³-hybridized carbons (Fsp3) is 0.556. The van der Waals surface area contributed by atoms with Crippen molar-refractivity contribution in [3.63, 3.8) is 0 Å². The van der Waals surface area contributed by atoms with E-state index in [4.69, 9.17) is 5.11 Å². The molecule has 0 bridgehead atoms. The lowest BCUT2D eigenvalue weighted by molar-refractivity contribution is -0.384. The van der Waals surface area contributed by atoms with Gasteiger partial charge in [-0.3, -0.25) is 19.6 Å². The first-order valence-electron chi connectivity index (χ1n) is 5.10. The maximum Gasteiger partial charge on any atom is 0.330 e. The summed E-state index contributed by atoms with van der Waals surface area (Å²) in [5.74, 6) is -0.756. The number of carbonyl (C=O) groups is 1. The van der Waals surface area contributed by atoms with Crippen molar-refractivity contribution in [2.45, 2.75) is 12.8 Å². The second kappa shape index (κ2) is 3.72. The van der Waals surface area contributed by atoms with E-state index in [1.165, 1.54) is 10.9 Å². The van der Waals surface area contributed by atoms with Gasteiger partial charge in [-0.1, -0.05) is 0 Å². The average Bonchev–Trinajstić information content (AvgIpc) is 2.94. The van der Waals surface area contributed by atoms with E-state index in [-0.39, 0.29) is 18.1 Å². The summed E-state index contributed by atoms with van der Waals surface area (Å²) in [6, 6.07) is 0. The maximum atomic E-state index is 10.9. The van der Waals surface area contributed by atoms with E-state index < -0.39 is 16.3 Å². The van der Waals surface area contributed by atoms with Crippen LogP contribution in [0.5, 0.6) is 0 Å². The Morgan fingerprint density at radius 3 is 2.88 bits per heavy atom. The molecular formula is C9H12N4O4. The lowest BCUT2D eigenvalue weighted by Gasteiger charge is -2.09. The minimum absolute atomic E-state index is 0.116. The largest absolute Gasteiger partial charge is 0.481 e. The number of hydrogen-bond acceptors (Lipinski definition) is 5. The lowest BCUT2D eigenvalue weighted by atomic mass is 10.1. The number of carboxylic acids is 1. The third kappa shape index (κ3) is 2.05. The molecule has 1 aliphatic carbocycles. The monoisotopic (exact) mass is 240 g/mol. The summed E-state index contributed by atoms with van der Waals surface area (Å²) in [4.78, 5) is 21.1. The van der Waals surface area contributed by atoms with E-state index in [1.807, 2.05) is 0 Å². The summed E-state index contributed by atoms with van der Waals surface area (Å²) in [5.41, 5.74) is -0.917. The molecule has 0 aliphatic heterocycles. The Bertz CT molecular complexity index is 477. The molecule has 0 aromatic carbocycles. The van der Waals surface area contributed by atoms with E-state index >= 15 is 0 Å². The van der Waals surface area contributed by atoms with Crippen LogP contribution in [0.4, 0.5) is 11.5 Å². The standard InChI is InChI=1S/C9H12N4O4/c1-12-4-6(13(16)17)7(11-12)10-5-9(2-3-9)8(14)15/h4H,2-3,5H2,1H3,(H,10,11)(H,14,15). The van der Waals surface area contributed by atoms with Crippen molar-refractivity contribution < 1.29 is 14.8 Å². The Kier molecular flexibility index (Phi) is 2.49. The van der Waals surface area contributed by atoms with Gasteiger partial charge in [-0.05, 0) is 12.8 Å². The number of carboxylic acid groups (broad SMARTS) is 1. The third-order valence-corrected chi connectivity index (χ3v) is 2.91. The fourth-order valence-electron chi connectivity index (χ4n) is 1.61. The number of nitrogens with zero attached hydrogens (tertiary/aromatic N) is 3. The number of anilines is 1. The molecule has 1 fully saturated rings. The van der Waals surface area contributed by atoms with Crippen LogP contribution in [0, 0.1) is 15.5 Å². The molecule has 1 aromatic heterocycles. The zero-order valence-corrected chi connectivity index (χ0v) is 9.21. The summed E-state index contributed by atoms with van der Waals surface area (Å²) >= 11 is 0. The van der Waals surface area contributed by atoms with Gasteiger partial charge in [0.15, 0.2) is 0 Å². The lowest BCUT2D eigenvalue weighted by Crippen LogP contribution is -2.24. The molecule has 0 amide bonds. The number of hydrogen-bond donors (Lipinski definition) is 2. The first-order chi connectivity index (χ1) is 7.94. The topological polar surface area (TPSA) is 110 Å². The number of nitro groups is 1. The first kappa shape index (κ1) is 11.4. The molecule has 0 unspecified atom stereocenters. The van der Waals surface area contributed by atoms with Crippen LogP contribution in [0.2, 0.25) is 0 Å². The van der Waals surface area contributed by atoms with Crippen LogP contribution in [0.1, 0.15) is 12.8 Å². The van der Waals surface area contributed by atoms with Gasteiger partial charge in [0, 0.05) is 13.6 Å². The van der Waals surface area contributed by atoms with E-state index in [0.29, 0.717) is 12.8 Å². The van der Waals surface area contributed by atoms with E-state index in [1.54, 1.807) is 7.05 Å². The molecule has 1 saturated carbocycles. The van der Waals surface area contributed by atoms with Crippen molar-refractivity contribution in [2.24, 2.45) is 12.5 Å². The van der Waals surface area contributed by atoms with Crippen LogP contribution >= 0.6 is 0 Å². The second-order valence-electron chi connectivity index (χ2n) is 4.23. The summed E-state index contributed by atoms with van der Waals surface area (Å²) in [7, 11) is 1.57. The van der Waals surface area contributed by atoms with Crippen LogP contribution in [0.3, 0.4) is 0 Å². The van der Waals surface area contributed by atoms with Gasteiger partial charge in [-0.25, -0.2) is 0 Å². The number of nitrogens with one attached hydrogen (secondary N) is 1. The SMILES string of the molecule is Cn1cc([N+](=O)[O-])c(NCC2(C(=O)O)CC2)n1. The van der Waals surface area contributed by atoms with Crippen molar-refractivity contribution in [3.05, 3.63) is 16.3 Å².